The number of aliphatic carboxylic acids is 1. The van der Waals surface area contributed by atoms with Crippen LogP contribution in [0.25, 0.3) is 0 Å². The minimum Gasteiger partial charge on any atom is -0.481 e. The van der Waals surface area contributed by atoms with Crippen LogP contribution in [0.15, 0.2) is 5.16 Å². The van der Waals surface area contributed by atoms with Crippen LogP contribution in [-0.4, -0.2) is 61.2 Å². The average molecular weight is 286 g/mol. The van der Waals surface area contributed by atoms with Crippen molar-refractivity contribution in [1.29, 1.82) is 0 Å². The van der Waals surface area contributed by atoms with Crippen LogP contribution >= 0.6 is 11.8 Å². The van der Waals surface area contributed by atoms with Crippen molar-refractivity contribution in [3.8, 4) is 0 Å². The van der Waals surface area contributed by atoms with Crippen molar-refractivity contribution in [2.24, 2.45) is 0 Å². The molecule has 1 unspecified atom stereocenters. The third-order valence-corrected chi connectivity index (χ3v) is 4.28. The maximum absolute atomic E-state index is 10.6. The van der Waals surface area contributed by atoms with Gasteiger partial charge in [0.2, 0.25) is 0 Å². The summed E-state index contributed by atoms with van der Waals surface area (Å²) in [6.45, 7) is 1.58. The van der Waals surface area contributed by atoms with Crippen LogP contribution in [0.2, 0.25) is 0 Å². The normalized spacial score (nSPS) is 20.0. The first-order valence-electron chi connectivity index (χ1n) is 6.19. The maximum Gasteiger partial charge on any atom is 0.313 e. The number of hydrogen-bond acceptors (Lipinski definition) is 6. The van der Waals surface area contributed by atoms with Crippen LogP contribution in [-0.2, 0) is 17.9 Å². The predicted octanol–water partition coefficient (Wildman–Crippen LogP) is 0.0413. The molecule has 1 aromatic heterocycles. The van der Waals surface area contributed by atoms with Gasteiger partial charge in [0.1, 0.15) is 6.61 Å². The molecule has 0 saturated carbocycles. The van der Waals surface area contributed by atoms with Crippen LogP contribution in [0, 0.1) is 0 Å². The summed E-state index contributed by atoms with van der Waals surface area (Å²) in [7, 11) is 2.07. The number of carboxylic acids is 1. The SMILES string of the molecule is CN1CCCC1Cn1c(CO)nnc1SCC(=O)O. The second-order valence-corrected chi connectivity index (χ2v) is 5.57. The van der Waals surface area contributed by atoms with Gasteiger partial charge in [-0.1, -0.05) is 11.8 Å². The van der Waals surface area contributed by atoms with E-state index in [1.165, 1.54) is 0 Å². The Hall–Kier alpha value is -1.12. The summed E-state index contributed by atoms with van der Waals surface area (Å²) in [6.07, 6.45) is 2.26. The molecule has 0 aromatic carbocycles. The summed E-state index contributed by atoms with van der Waals surface area (Å²) in [5.74, 6) is -0.444. The first-order valence-corrected chi connectivity index (χ1v) is 7.18. The second-order valence-electron chi connectivity index (χ2n) is 4.63. The number of likely N-dealkylation sites (tertiary alicyclic amines) is 1. The number of carboxylic acid groups (broad SMARTS) is 1. The fraction of sp³-hybridized carbons (Fsp3) is 0.727. The van der Waals surface area contributed by atoms with E-state index in [-0.39, 0.29) is 12.4 Å². The first kappa shape index (κ1) is 14.3. The van der Waals surface area contributed by atoms with Crippen molar-refractivity contribution in [2.45, 2.75) is 37.2 Å². The maximum atomic E-state index is 10.6. The van der Waals surface area contributed by atoms with Gasteiger partial charge < -0.3 is 19.7 Å². The van der Waals surface area contributed by atoms with Crippen molar-refractivity contribution in [1.82, 2.24) is 19.7 Å². The second kappa shape index (κ2) is 6.36. The highest BCUT2D eigenvalue weighted by atomic mass is 32.2. The lowest BCUT2D eigenvalue weighted by atomic mass is 10.2. The number of carbonyl (C=O) groups is 1. The Morgan fingerprint density at radius 1 is 1.53 bits per heavy atom. The molecule has 1 aromatic rings. The molecular weight excluding hydrogens is 268 g/mol. The van der Waals surface area contributed by atoms with Crippen molar-refractivity contribution < 1.29 is 15.0 Å². The van der Waals surface area contributed by atoms with Gasteiger partial charge in [0, 0.05) is 12.6 Å². The zero-order valence-corrected chi connectivity index (χ0v) is 11.6. The molecule has 19 heavy (non-hydrogen) atoms. The number of aliphatic hydroxyl groups is 1. The highest BCUT2D eigenvalue weighted by Gasteiger charge is 2.24. The molecule has 1 saturated heterocycles. The number of aromatic nitrogens is 3. The van der Waals surface area contributed by atoms with E-state index in [0.29, 0.717) is 23.6 Å². The molecule has 0 bridgehead atoms. The standard InChI is InChI=1S/C11H18N4O3S/c1-14-4-2-3-8(14)5-15-9(6-16)12-13-11(15)19-7-10(17)18/h8,16H,2-7H2,1H3,(H,17,18). The number of rotatable bonds is 6. The monoisotopic (exact) mass is 286 g/mol. The molecule has 1 aliphatic heterocycles. The van der Waals surface area contributed by atoms with E-state index in [1.807, 2.05) is 4.57 Å². The Bertz CT molecular complexity index is 451. The van der Waals surface area contributed by atoms with Crippen molar-refractivity contribution >= 4 is 17.7 Å². The van der Waals surface area contributed by atoms with Gasteiger partial charge in [0.15, 0.2) is 11.0 Å². The first-order chi connectivity index (χ1) is 9.11. The Balaban J connectivity index is 2.11. The van der Waals surface area contributed by atoms with Crippen LogP contribution in [0.5, 0.6) is 0 Å². The van der Waals surface area contributed by atoms with E-state index in [0.717, 1.165) is 31.1 Å². The topological polar surface area (TPSA) is 91.5 Å². The number of hydrogen-bond donors (Lipinski definition) is 2. The molecule has 2 N–H and O–H groups in total. The molecule has 7 nitrogen and oxygen atoms in total. The summed E-state index contributed by atoms with van der Waals surface area (Å²) in [6, 6.07) is 0.394. The largest absolute Gasteiger partial charge is 0.481 e. The summed E-state index contributed by atoms with van der Waals surface area (Å²) in [5.41, 5.74) is 0. The molecule has 1 aliphatic rings. The fourth-order valence-electron chi connectivity index (χ4n) is 2.27. The lowest BCUT2D eigenvalue weighted by Crippen LogP contribution is -2.30. The number of nitrogens with zero attached hydrogens (tertiary/aromatic N) is 4. The zero-order valence-electron chi connectivity index (χ0n) is 10.8. The van der Waals surface area contributed by atoms with Gasteiger partial charge in [-0.3, -0.25) is 4.79 Å². The summed E-state index contributed by atoms with van der Waals surface area (Å²) < 4.78 is 1.83. The molecule has 0 aliphatic carbocycles. The predicted molar refractivity (Wildman–Crippen MR) is 70.0 cm³/mol. The third kappa shape index (κ3) is 3.46. The Labute approximate surface area is 115 Å². The smallest absolute Gasteiger partial charge is 0.313 e. The number of likely N-dealkylation sites (N-methyl/N-ethyl adjacent to an activating group) is 1. The number of aliphatic hydroxyl groups excluding tert-OH is 1. The van der Waals surface area contributed by atoms with Crippen molar-refractivity contribution in [2.75, 3.05) is 19.3 Å². The molecule has 0 radical (unpaired) electrons. The zero-order chi connectivity index (χ0) is 13.8. The van der Waals surface area contributed by atoms with Crippen LogP contribution < -0.4 is 0 Å². The lowest BCUT2D eigenvalue weighted by molar-refractivity contribution is -0.133. The highest BCUT2D eigenvalue weighted by molar-refractivity contribution is 7.99. The van der Waals surface area contributed by atoms with Crippen LogP contribution in [0.3, 0.4) is 0 Å². The Kier molecular flexibility index (Phi) is 4.78. The third-order valence-electron chi connectivity index (χ3n) is 3.32. The molecule has 106 valence electrons. The fourth-order valence-corrected chi connectivity index (χ4v) is 2.96. The minimum atomic E-state index is -0.886. The van der Waals surface area contributed by atoms with Crippen LogP contribution in [0.4, 0.5) is 0 Å². The summed E-state index contributed by atoms with van der Waals surface area (Å²) in [5, 5.41) is 26.4. The van der Waals surface area contributed by atoms with E-state index in [9.17, 15) is 9.90 Å². The van der Waals surface area contributed by atoms with Crippen molar-refractivity contribution in [3.63, 3.8) is 0 Å². The molecule has 1 atom stereocenters. The highest BCUT2D eigenvalue weighted by Crippen LogP contribution is 2.22. The van der Waals surface area contributed by atoms with Gasteiger partial charge in [-0.15, -0.1) is 10.2 Å². The molecule has 0 spiro atoms. The van der Waals surface area contributed by atoms with E-state index < -0.39 is 5.97 Å². The van der Waals surface area contributed by atoms with E-state index in [4.69, 9.17) is 5.11 Å². The quantitative estimate of drug-likeness (QED) is 0.713. The average Bonchev–Trinajstić information content (AvgIpc) is 2.95. The summed E-state index contributed by atoms with van der Waals surface area (Å²) >= 11 is 1.14. The lowest BCUT2D eigenvalue weighted by Gasteiger charge is -2.21. The molecule has 1 fully saturated rings. The van der Waals surface area contributed by atoms with E-state index in [2.05, 4.69) is 22.1 Å². The molecule has 2 rings (SSSR count). The van der Waals surface area contributed by atoms with Crippen molar-refractivity contribution in [3.05, 3.63) is 5.82 Å². The molecule has 8 heteroatoms. The van der Waals surface area contributed by atoms with Crippen LogP contribution in [0.1, 0.15) is 18.7 Å². The van der Waals surface area contributed by atoms with Gasteiger partial charge >= 0.3 is 5.97 Å². The Morgan fingerprint density at radius 2 is 2.32 bits per heavy atom. The van der Waals surface area contributed by atoms with Gasteiger partial charge in [0.25, 0.3) is 0 Å². The summed E-state index contributed by atoms with van der Waals surface area (Å²) in [4.78, 5) is 12.9. The number of thioether (sulfide) groups is 1. The van der Waals surface area contributed by atoms with Gasteiger partial charge in [0.05, 0.1) is 5.75 Å². The van der Waals surface area contributed by atoms with Gasteiger partial charge in [-0.05, 0) is 26.4 Å². The van der Waals surface area contributed by atoms with E-state index >= 15 is 0 Å². The molecule has 0 amide bonds. The van der Waals surface area contributed by atoms with E-state index in [1.54, 1.807) is 0 Å². The van der Waals surface area contributed by atoms with Gasteiger partial charge in [-0.2, -0.15) is 0 Å². The van der Waals surface area contributed by atoms with Gasteiger partial charge in [-0.25, -0.2) is 0 Å². The molecular formula is C11H18N4O3S. The Morgan fingerprint density at radius 3 is 2.89 bits per heavy atom. The minimum absolute atomic E-state index is 0.0515. The molecule has 2 heterocycles.